The topological polar surface area (TPSA) is 66.6 Å². The molecule has 0 fully saturated rings. The summed E-state index contributed by atoms with van der Waals surface area (Å²) in [4.78, 5) is 10.9. The number of hydrogen-bond donors (Lipinski definition) is 2. The van der Waals surface area contributed by atoms with Crippen molar-refractivity contribution in [2.45, 2.75) is 6.92 Å². The molecular weight excluding hydrogens is 168 g/mol. The monoisotopic (exact) mass is 180 g/mol. The van der Waals surface area contributed by atoms with Crippen LogP contribution in [0.15, 0.2) is 24.3 Å². The molecule has 0 aliphatic rings. The van der Waals surface area contributed by atoms with E-state index in [9.17, 15) is 10.0 Å². The van der Waals surface area contributed by atoms with E-state index in [1.54, 1.807) is 12.1 Å². The Bertz CT molecular complexity index is 295. The van der Waals surface area contributed by atoms with Crippen LogP contribution in [0.3, 0.4) is 0 Å². The zero-order chi connectivity index (χ0) is 9.84. The van der Waals surface area contributed by atoms with Crippen molar-refractivity contribution in [3.63, 3.8) is 0 Å². The number of hydroxylamine groups is 1. The summed E-state index contributed by atoms with van der Waals surface area (Å²) in [6, 6.07) is 6.93. The van der Waals surface area contributed by atoms with Crippen LogP contribution in [0.4, 0.5) is 5.69 Å². The van der Waals surface area contributed by atoms with Crippen LogP contribution < -0.4 is 10.8 Å². The Kier molecular flexibility index (Phi) is 3.00. The number of amides is 1. The molecule has 1 rings (SSSR count). The molecule has 0 heterocycles. The molecule has 0 radical (unpaired) electrons. The Morgan fingerprint density at radius 1 is 1.46 bits per heavy atom. The van der Waals surface area contributed by atoms with Gasteiger partial charge in [-0.2, -0.15) is 5.06 Å². The second-order valence-corrected chi connectivity index (χ2v) is 2.75. The SMILES string of the molecule is Cc1ccc(N(O)C(=O)CN)cc1. The highest BCUT2D eigenvalue weighted by Gasteiger charge is 2.09. The molecule has 13 heavy (non-hydrogen) atoms. The number of carbonyl (C=O) groups is 1. The number of carbonyl (C=O) groups excluding carboxylic acids is 1. The Balaban J connectivity index is 2.83. The molecule has 0 saturated heterocycles. The normalized spacial score (nSPS) is 9.77. The highest BCUT2D eigenvalue weighted by molar-refractivity contribution is 5.92. The fourth-order valence-electron chi connectivity index (χ4n) is 0.916. The van der Waals surface area contributed by atoms with Gasteiger partial charge in [0.1, 0.15) is 0 Å². The van der Waals surface area contributed by atoms with Crippen molar-refractivity contribution in [2.75, 3.05) is 11.6 Å². The van der Waals surface area contributed by atoms with Gasteiger partial charge in [0, 0.05) is 0 Å². The molecular formula is C9H12N2O2. The third-order valence-electron chi connectivity index (χ3n) is 1.69. The lowest BCUT2D eigenvalue weighted by Gasteiger charge is -2.13. The van der Waals surface area contributed by atoms with Gasteiger partial charge in [-0.1, -0.05) is 17.7 Å². The molecule has 0 aliphatic carbocycles. The van der Waals surface area contributed by atoms with Crippen molar-refractivity contribution in [2.24, 2.45) is 5.73 Å². The van der Waals surface area contributed by atoms with Crippen LogP contribution in [-0.2, 0) is 4.79 Å². The van der Waals surface area contributed by atoms with Gasteiger partial charge in [0.25, 0.3) is 5.91 Å². The van der Waals surface area contributed by atoms with E-state index < -0.39 is 5.91 Å². The van der Waals surface area contributed by atoms with Gasteiger partial charge in [-0.3, -0.25) is 10.0 Å². The van der Waals surface area contributed by atoms with E-state index in [4.69, 9.17) is 5.73 Å². The molecule has 0 unspecified atom stereocenters. The van der Waals surface area contributed by atoms with Crippen LogP contribution in [0.2, 0.25) is 0 Å². The number of hydrogen-bond acceptors (Lipinski definition) is 3. The van der Waals surface area contributed by atoms with Crippen LogP contribution in [0.25, 0.3) is 0 Å². The molecule has 4 nitrogen and oxygen atoms in total. The van der Waals surface area contributed by atoms with Gasteiger partial charge in [-0.05, 0) is 19.1 Å². The first-order chi connectivity index (χ1) is 6.15. The quantitative estimate of drug-likeness (QED) is 0.519. The van der Waals surface area contributed by atoms with Crippen molar-refractivity contribution >= 4 is 11.6 Å². The van der Waals surface area contributed by atoms with Gasteiger partial charge in [-0.25, -0.2) is 0 Å². The van der Waals surface area contributed by atoms with Crippen molar-refractivity contribution in [1.29, 1.82) is 0 Å². The fourth-order valence-corrected chi connectivity index (χ4v) is 0.916. The summed E-state index contributed by atoms with van der Waals surface area (Å²) in [6.45, 7) is 1.72. The first-order valence-corrected chi connectivity index (χ1v) is 3.93. The Hall–Kier alpha value is -1.39. The van der Waals surface area contributed by atoms with Crippen LogP contribution in [0.1, 0.15) is 5.56 Å². The summed E-state index contributed by atoms with van der Waals surface area (Å²) < 4.78 is 0. The molecule has 3 N–H and O–H groups in total. The smallest absolute Gasteiger partial charge is 0.264 e. The maximum atomic E-state index is 10.9. The van der Waals surface area contributed by atoms with Crippen LogP contribution in [0.5, 0.6) is 0 Å². The molecule has 0 atom stereocenters. The van der Waals surface area contributed by atoms with E-state index in [0.717, 1.165) is 5.56 Å². The minimum absolute atomic E-state index is 0.204. The molecule has 1 aromatic carbocycles. The Morgan fingerprint density at radius 2 is 2.00 bits per heavy atom. The first kappa shape index (κ1) is 9.70. The summed E-state index contributed by atoms with van der Waals surface area (Å²) in [7, 11) is 0. The van der Waals surface area contributed by atoms with E-state index in [1.165, 1.54) is 0 Å². The van der Waals surface area contributed by atoms with Gasteiger partial charge < -0.3 is 5.73 Å². The number of benzene rings is 1. The number of nitrogens with two attached hydrogens (primary N) is 1. The Labute approximate surface area is 76.5 Å². The van der Waals surface area contributed by atoms with Crippen molar-refractivity contribution < 1.29 is 10.0 Å². The maximum Gasteiger partial charge on any atom is 0.264 e. The van der Waals surface area contributed by atoms with E-state index in [2.05, 4.69) is 0 Å². The van der Waals surface area contributed by atoms with Gasteiger partial charge >= 0.3 is 0 Å². The summed E-state index contributed by atoms with van der Waals surface area (Å²) in [5.74, 6) is -0.524. The summed E-state index contributed by atoms with van der Waals surface area (Å²) >= 11 is 0. The van der Waals surface area contributed by atoms with E-state index >= 15 is 0 Å². The standard InChI is InChI=1S/C9H12N2O2/c1-7-2-4-8(5-3-7)11(13)9(12)6-10/h2-5,13H,6,10H2,1H3. The summed E-state index contributed by atoms with van der Waals surface area (Å²) in [5, 5.41) is 9.84. The van der Waals surface area contributed by atoms with Gasteiger partial charge in [-0.15, -0.1) is 0 Å². The number of aryl methyl sites for hydroxylation is 1. The number of rotatable bonds is 2. The van der Waals surface area contributed by atoms with Gasteiger partial charge in [0.15, 0.2) is 0 Å². The Morgan fingerprint density at radius 3 is 2.46 bits per heavy atom. The second kappa shape index (κ2) is 4.02. The summed E-state index contributed by atoms with van der Waals surface area (Å²) in [6.07, 6.45) is 0. The molecule has 1 aromatic rings. The number of anilines is 1. The molecule has 0 bridgehead atoms. The van der Waals surface area contributed by atoms with Gasteiger partial charge in [0.2, 0.25) is 0 Å². The molecule has 0 aliphatic heterocycles. The zero-order valence-electron chi connectivity index (χ0n) is 7.40. The zero-order valence-corrected chi connectivity index (χ0v) is 7.40. The fraction of sp³-hybridized carbons (Fsp3) is 0.222. The third-order valence-corrected chi connectivity index (χ3v) is 1.69. The minimum Gasteiger partial charge on any atom is -0.322 e. The largest absolute Gasteiger partial charge is 0.322 e. The van der Waals surface area contributed by atoms with Crippen molar-refractivity contribution in [3.8, 4) is 0 Å². The maximum absolute atomic E-state index is 10.9. The second-order valence-electron chi connectivity index (χ2n) is 2.75. The van der Waals surface area contributed by atoms with E-state index in [-0.39, 0.29) is 6.54 Å². The molecule has 1 amide bonds. The minimum atomic E-state index is -0.524. The van der Waals surface area contributed by atoms with E-state index in [0.29, 0.717) is 10.8 Å². The molecule has 0 saturated carbocycles. The predicted molar refractivity (Wildman–Crippen MR) is 49.5 cm³/mol. The highest BCUT2D eigenvalue weighted by Crippen LogP contribution is 2.12. The van der Waals surface area contributed by atoms with Crippen molar-refractivity contribution in [1.82, 2.24) is 0 Å². The lowest BCUT2D eigenvalue weighted by molar-refractivity contribution is -0.122. The highest BCUT2D eigenvalue weighted by atomic mass is 16.5. The van der Waals surface area contributed by atoms with E-state index in [1.807, 2.05) is 19.1 Å². The lowest BCUT2D eigenvalue weighted by atomic mass is 10.2. The predicted octanol–water partition coefficient (Wildman–Crippen LogP) is 0.676. The molecule has 0 aromatic heterocycles. The van der Waals surface area contributed by atoms with Crippen molar-refractivity contribution in [3.05, 3.63) is 29.8 Å². The van der Waals surface area contributed by atoms with Crippen LogP contribution >= 0.6 is 0 Å². The molecule has 70 valence electrons. The number of nitrogens with zero attached hydrogens (tertiary/aromatic N) is 1. The van der Waals surface area contributed by atoms with Crippen LogP contribution in [-0.4, -0.2) is 17.7 Å². The van der Waals surface area contributed by atoms with Gasteiger partial charge in [0.05, 0.1) is 12.2 Å². The molecule has 0 spiro atoms. The third kappa shape index (κ3) is 2.27. The summed E-state index contributed by atoms with van der Waals surface area (Å²) in [5.41, 5.74) is 6.59. The average Bonchev–Trinajstić information content (AvgIpc) is 2.17. The average molecular weight is 180 g/mol. The molecule has 4 heteroatoms. The lowest BCUT2D eigenvalue weighted by Crippen LogP contribution is -2.32. The van der Waals surface area contributed by atoms with Crippen LogP contribution in [0, 0.1) is 6.92 Å². The first-order valence-electron chi connectivity index (χ1n) is 3.93.